The van der Waals surface area contributed by atoms with Crippen molar-refractivity contribution in [1.82, 2.24) is 0 Å². The molecular weight excluding hydrogens is 286 g/mol. The van der Waals surface area contributed by atoms with Crippen LogP contribution in [0.4, 0.5) is 5.69 Å². The molecule has 2 rings (SSSR count). The summed E-state index contributed by atoms with van der Waals surface area (Å²) in [6.07, 6.45) is 6.27. The quantitative estimate of drug-likeness (QED) is 0.817. The number of hydrogen-bond donors (Lipinski definition) is 1. The molecule has 0 aliphatic carbocycles. The van der Waals surface area contributed by atoms with Gasteiger partial charge in [0.05, 0.1) is 10.7 Å². The molecule has 0 spiro atoms. The lowest BCUT2D eigenvalue weighted by Crippen LogP contribution is -2.26. The second-order valence-electron chi connectivity index (χ2n) is 5.73. The second kappa shape index (κ2) is 6.52. The third-order valence-corrected chi connectivity index (χ3v) is 4.98. The summed E-state index contributed by atoms with van der Waals surface area (Å²) in [5.41, 5.74) is 2.18. The summed E-state index contributed by atoms with van der Waals surface area (Å²) in [6, 6.07) is 5.64. The normalized spacial score (nSPS) is 17.6. The van der Waals surface area contributed by atoms with Crippen molar-refractivity contribution in [3.63, 3.8) is 0 Å². The predicted octanol–water partition coefficient (Wildman–Crippen LogP) is 4.45. The molecule has 0 atom stereocenters. The van der Waals surface area contributed by atoms with Crippen molar-refractivity contribution in [2.45, 2.75) is 33.1 Å². The Bertz CT molecular complexity index is 550. The number of rotatable bonds is 5. The van der Waals surface area contributed by atoms with Crippen LogP contribution in [-0.2, 0) is 4.79 Å². The SMILES string of the molecule is CCC1(CC)CCN(c2c(Cl)cccc2/C=C/C(=O)O)C1. The second-order valence-corrected chi connectivity index (χ2v) is 6.14. The zero-order valence-corrected chi connectivity index (χ0v) is 13.4. The number of carboxylic acids is 1. The first-order chi connectivity index (χ1) is 10.0. The molecule has 1 aliphatic heterocycles. The van der Waals surface area contributed by atoms with Gasteiger partial charge in [0.25, 0.3) is 0 Å². The van der Waals surface area contributed by atoms with Crippen molar-refractivity contribution >= 4 is 29.3 Å². The third-order valence-electron chi connectivity index (χ3n) is 4.68. The van der Waals surface area contributed by atoms with E-state index in [4.69, 9.17) is 16.7 Å². The van der Waals surface area contributed by atoms with Gasteiger partial charge in [0.2, 0.25) is 0 Å². The fourth-order valence-corrected chi connectivity index (χ4v) is 3.42. The van der Waals surface area contributed by atoms with Crippen LogP contribution in [0.5, 0.6) is 0 Å². The maximum absolute atomic E-state index is 10.8. The molecule has 1 aromatic rings. The van der Waals surface area contributed by atoms with E-state index < -0.39 is 5.97 Å². The minimum atomic E-state index is -0.946. The summed E-state index contributed by atoms with van der Waals surface area (Å²) in [4.78, 5) is 13.1. The highest BCUT2D eigenvalue weighted by Crippen LogP contribution is 2.42. The fraction of sp³-hybridized carbons (Fsp3) is 0.471. The average Bonchev–Trinajstić information content (AvgIpc) is 2.90. The van der Waals surface area contributed by atoms with Gasteiger partial charge in [-0.1, -0.05) is 37.6 Å². The Labute approximate surface area is 131 Å². The molecule has 1 fully saturated rings. The number of halogens is 1. The average molecular weight is 308 g/mol. The summed E-state index contributed by atoms with van der Waals surface area (Å²) < 4.78 is 0. The highest BCUT2D eigenvalue weighted by atomic mass is 35.5. The Hall–Kier alpha value is -1.48. The number of benzene rings is 1. The molecule has 1 N–H and O–H groups in total. The highest BCUT2D eigenvalue weighted by molar-refractivity contribution is 6.33. The summed E-state index contributed by atoms with van der Waals surface area (Å²) in [6.45, 7) is 6.44. The summed E-state index contributed by atoms with van der Waals surface area (Å²) in [5, 5.41) is 9.51. The molecular formula is C17H22ClNO2. The molecule has 21 heavy (non-hydrogen) atoms. The molecule has 114 valence electrons. The van der Waals surface area contributed by atoms with Crippen LogP contribution in [-0.4, -0.2) is 24.2 Å². The molecule has 1 aromatic carbocycles. The Balaban J connectivity index is 2.34. The lowest BCUT2D eigenvalue weighted by Gasteiger charge is -2.28. The minimum Gasteiger partial charge on any atom is -0.478 e. The summed E-state index contributed by atoms with van der Waals surface area (Å²) in [7, 11) is 0. The first kappa shape index (κ1) is 15.9. The summed E-state index contributed by atoms with van der Waals surface area (Å²) in [5.74, 6) is -0.946. The number of hydrogen-bond acceptors (Lipinski definition) is 2. The van der Waals surface area contributed by atoms with E-state index in [1.54, 1.807) is 6.08 Å². The van der Waals surface area contributed by atoms with Crippen LogP contribution in [0.25, 0.3) is 6.08 Å². The molecule has 0 bridgehead atoms. The Kier molecular flexibility index (Phi) is 4.94. The monoisotopic (exact) mass is 307 g/mol. The van der Waals surface area contributed by atoms with Crippen molar-refractivity contribution in [2.24, 2.45) is 5.41 Å². The zero-order chi connectivity index (χ0) is 15.5. The van der Waals surface area contributed by atoms with Gasteiger partial charge in [-0.3, -0.25) is 0 Å². The van der Waals surface area contributed by atoms with E-state index in [2.05, 4.69) is 18.7 Å². The van der Waals surface area contributed by atoms with Gasteiger partial charge < -0.3 is 10.0 Å². The molecule has 1 heterocycles. The van der Waals surface area contributed by atoms with Crippen LogP contribution in [0.2, 0.25) is 5.02 Å². The number of carboxylic acid groups (broad SMARTS) is 1. The van der Waals surface area contributed by atoms with Crippen LogP contribution in [0.3, 0.4) is 0 Å². The maximum Gasteiger partial charge on any atom is 0.328 e. The lowest BCUT2D eigenvalue weighted by atomic mass is 9.82. The van der Waals surface area contributed by atoms with E-state index in [1.807, 2.05) is 18.2 Å². The zero-order valence-electron chi connectivity index (χ0n) is 12.6. The Morgan fingerprint density at radius 2 is 2.14 bits per heavy atom. The van der Waals surface area contributed by atoms with Crippen molar-refractivity contribution in [3.05, 3.63) is 34.9 Å². The molecule has 4 heteroatoms. The first-order valence-electron chi connectivity index (χ1n) is 7.46. The number of aliphatic carboxylic acids is 1. The molecule has 1 aliphatic rings. The largest absolute Gasteiger partial charge is 0.478 e. The van der Waals surface area contributed by atoms with Gasteiger partial charge in [-0.2, -0.15) is 0 Å². The van der Waals surface area contributed by atoms with Gasteiger partial charge in [0, 0.05) is 19.2 Å². The van der Waals surface area contributed by atoms with Gasteiger partial charge in [-0.15, -0.1) is 0 Å². The summed E-state index contributed by atoms with van der Waals surface area (Å²) >= 11 is 6.38. The standard InChI is InChI=1S/C17H22ClNO2/c1-3-17(4-2)10-11-19(12-17)16-13(8-9-15(20)21)6-5-7-14(16)18/h5-9H,3-4,10-12H2,1-2H3,(H,20,21)/b9-8+. The molecule has 0 amide bonds. The van der Waals surface area contributed by atoms with Gasteiger partial charge in [0.1, 0.15) is 0 Å². The molecule has 0 unspecified atom stereocenters. The van der Waals surface area contributed by atoms with Crippen LogP contribution in [0, 0.1) is 5.41 Å². The maximum atomic E-state index is 10.8. The number of para-hydroxylation sites is 1. The van der Waals surface area contributed by atoms with Crippen LogP contribution < -0.4 is 4.90 Å². The van der Waals surface area contributed by atoms with Crippen molar-refractivity contribution in [3.8, 4) is 0 Å². The van der Waals surface area contributed by atoms with Crippen LogP contribution in [0.15, 0.2) is 24.3 Å². The van der Waals surface area contributed by atoms with E-state index in [1.165, 1.54) is 0 Å². The van der Waals surface area contributed by atoms with E-state index in [-0.39, 0.29) is 0 Å². The Morgan fingerprint density at radius 1 is 1.43 bits per heavy atom. The molecule has 3 nitrogen and oxygen atoms in total. The van der Waals surface area contributed by atoms with E-state index in [0.717, 1.165) is 49.7 Å². The molecule has 0 radical (unpaired) electrons. The van der Waals surface area contributed by atoms with E-state index in [0.29, 0.717) is 10.4 Å². The van der Waals surface area contributed by atoms with Crippen LogP contribution >= 0.6 is 11.6 Å². The van der Waals surface area contributed by atoms with Crippen molar-refractivity contribution in [2.75, 3.05) is 18.0 Å². The molecule has 0 aromatic heterocycles. The van der Waals surface area contributed by atoms with Crippen molar-refractivity contribution < 1.29 is 9.90 Å². The van der Waals surface area contributed by atoms with Gasteiger partial charge in [0.15, 0.2) is 0 Å². The predicted molar refractivity (Wildman–Crippen MR) is 88.0 cm³/mol. The van der Waals surface area contributed by atoms with Gasteiger partial charge in [-0.25, -0.2) is 4.79 Å². The minimum absolute atomic E-state index is 0.354. The number of carbonyl (C=O) groups is 1. The molecule has 0 saturated carbocycles. The van der Waals surface area contributed by atoms with Crippen molar-refractivity contribution in [1.29, 1.82) is 0 Å². The number of nitrogens with zero attached hydrogens (tertiary/aromatic N) is 1. The Morgan fingerprint density at radius 3 is 2.71 bits per heavy atom. The highest BCUT2D eigenvalue weighted by Gasteiger charge is 2.36. The van der Waals surface area contributed by atoms with Gasteiger partial charge >= 0.3 is 5.97 Å². The lowest BCUT2D eigenvalue weighted by molar-refractivity contribution is -0.131. The van der Waals surface area contributed by atoms with Gasteiger partial charge in [-0.05, 0) is 42.4 Å². The smallest absolute Gasteiger partial charge is 0.328 e. The van der Waals surface area contributed by atoms with Crippen LogP contribution in [0.1, 0.15) is 38.7 Å². The third kappa shape index (κ3) is 3.41. The fourth-order valence-electron chi connectivity index (χ4n) is 3.11. The van der Waals surface area contributed by atoms with E-state index >= 15 is 0 Å². The van der Waals surface area contributed by atoms with E-state index in [9.17, 15) is 4.79 Å². The number of anilines is 1. The topological polar surface area (TPSA) is 40.5 Å². The molecule has 1 saturated heterocycles. The first-order valence-corrected chi connectivity index (χ1v) is 7.83.